The highest BCUT2D eigenvalue weighted by Crippen LogP contribution is 2.24. The zero-order valence-electron chi connectivity index (χ0n) is 15.0. The van der Waals surface area contributed by atoms with Crippen LogP contribution >= 0.6 is 11.3 Å². The van der Waals surface area contributed by atoms with E-state index in [-0.39, 0.29) is 24.5 Å². The van der Waals surface area contributed by atoms with E-state index in [0.717, 1.165) is 30.4 Å². The quantitative estimate of drug-likeness (QED) is 0.658. The van der Waals surface area contributed by atoms with E-state index < -0.39 is 6.43 Å². The van der Waals surface area contributed by atoms with Crippen molar-refractivity contribution in [3.8, 4) is 5.95 Å². The van der Waals surface area contributed by atoms with E-state index in [1.165, 1.54) is 11.3 Å². The Morgan fingerprint density at radius 2 is 2.04 bits per heavy atom. The van der Waals surface area contributed by atoms with Crippen molar-refractivity contribution in [2.45, 2.75) is 44.2 Å². The third-order valence-electron chi connectivity index (χ3n) is 4.87. The van der Waals surface area contributed by atoms with Crippen LogP contribution in [0.5, 0.6) is 0 Å². The fourth-order valence-corrected chi connectivity index (χ4v) is 4.27. The Morgan fingerprint density at radius 1 is 1.25 bits per heavy atom. The lowest BCUT2D eigenvalue weighted by atomic mass is 9.91. The highest BCUT2D eigenvalue weighted by atomic mass is 32.1. The van der Waals surface area contributed by atoms with Crippen molar-refractivity contribution < 1.29 is 13.6 Å². The van der Waals surface area contributed by atoms with Gasteiger partial charge in [0.25, 0.3) is 12.3 Å². The molecule has 3 heterocycles. The number of alkyl halides is 2. The average molecular weight is 406 g/mol. The first kappa shape index (κ1) is 18.9. The third kappa shape index (κ3) is 4.17. The molecule has 2 N–H and O–H groups in total. The van der Waals surface area contributed by atoms with Gasteiger partial charge >= 0.3 is 0 Å². The summed E-state index contributed by atoms with van der Waals surface area (Å²) in [5.41, 5.74) is 1.07. The molecule has 4 rings (SSSR count). The summed E-state index contributed by atoms with van der Waals surface area (Å²) in [7, 11) is 0. The van der Waals surface area contributed by atoms with Crippen molar-refractivity contribution in [3.63, 3.8) is 0 Å². The van der Waals surface area contributed by atoms with Gasteiger partial charge in [-0.3, -0.25) is 9.36 Å². The summed E-state index contributed by atoms with van der Waals surface area (Å²) in [5.74, 6) is 0.161. The summed E-state index contributed by atoms with van der Waals surface area (Å²) in [6, 6.07) is 1.95. The number of amides is 1. The van der Waals surface area contributed by atoms with Crippen LogP contribution in [0.1, 0.15) is 36.2 Å². The number of halogens is 2. The van der Waals surface area contributed by atoms with Crippen LogP contribution in [0.4, 0.5) is 8.78 Å². The molecule has 148 valence electrons. The number of carbonyl (C=O) groups is 1. The summed E-state index contributed by atoms with van der Waals surface area (Å²) in [6.45, 7) is -0.282. The van der Waals surface area contributed by atoms with Crippen LogP contribution in [0.2, 0.25) is 0 Å². The van der Waals surface area contributed by atoms with Crippen LogP contribution in [0.3, 0.4) is 0 Å². The summed E-state index contributed by atoms with van der Waals surface area (Å²) in [5, 5.41) is 7.81. The average Bonchev–Trinajstić information content (AvgIpc) is 3.38. The normalized spacial score (nSPS) is 20.0. The minimum atomic E-state index is -2.34. The minimum Gasteiger partial charge on any atom is -0.348 e. The largest absolute Gasteiger partial charge is 0.348 e. The maximum atomic E-state index is 12.9. The molecule has 0 bridgehead atoms. The molecule has 0 aromatic carbocycles. The predicted octanol–water partition coefficient (Wildman–Crippen LogP) is 2.77. The van der Waals surface area contributed by atoms with E-state index in [9.17, 15) is 13.6 Å². The number of thiophene rings is 1. The molecule has 7 nitrogen and oxygen atoms in total. The highest BCUT2D eigenvalue weighted by molar-refractivity contribution is 7.17. The first-order valence-electron chi connectivity index (χ1n) is 9.16. The Morgan fingerprint density at radius 3 is 2.75 bits per heavy atom. The fraction of sp³-hybridized carbons (Fsp3) is 0.444. The molecular formula is C18H20F2N6OS. The van der Waals surface area contributed by atoms with E-state index in [4.69, 9.17) is 0 Å². The van der Waals surface area contributed by atoms with E-state index in [2.05, 4.69) is 25.6 Å². The summed E-state index contributed by atoms with van der Waals surface area (Å²) < 4.78 is 27.1. The summed E-state index contributed by atoms with van der Waals surface area (Å²) in [4.78, 5) is 25.9. The van der Waals surface area contributed by atoms with Crippen molar-refractivity contribution in [1.82, 2.24) is 30.2 Å². The molecule has 1 saturated carbocycles. The zero-order valence-corrected chi connectivity index (χ0v) is 15.8. The molecule has 3 aromatic rings. The molecule has 1 amide bonds. The molecule has 1 aliphatic carbocycles. The lowest BCUT2D eigenvalue weighted by Gasteiger charge is -2.29. The van der Waals surface area contributed by atoms with Gasteiger partial charge in [0.2, 0.25) is 5.95 Å². The van der Waals surface area contributed by atoms with Crippen LogP contribution in [-0.2, 0) is 0 Å². The van der Waals surface area contributed by atoms with Gasteiger partial charge in [-0.15, -0.1) is 11.3 Å². The van der Waals surface area contributed by atoms with Gasteiger partial charge in [-0.05, 0) is 37.1 Å². The fourth-order valence-electron chi connectivity index (χ4n) is 3.45. The summed E-state index contributed by atoms with van der Waals surface area (Å²) >= 11 is 1.43. The second-order valence-electron chi connectivity index (χ2n) is 6.80. The van der Waals surface area contributed by atoms with Crippen LogP contribution < -0.4 is 10.6 Å². The molecule has 0 radical (unpaired) electrons. The lowest BCUT2D eigenvalue weighted by Crippen LogP contribution is -2.43. The van der Waals surface area contributed by atoms with Crippen LogP contribution in [0.15, 0.2) is 30.2 Å². The van der Waals surface area contributed by atoms with Crippen molar-refractivity contribution in [1.29, 1.82) is 0 Å². The first-order valence-corrected chi connectivity index (χ1v) is 10.0. The molecule has 0 unspecified atom stereocenters. The van der Waals surface area contributed by atoms with E-state index in [1.54, 1.807) is 23.3 Å². The number of fused-ring (bicyclic) bond motifs is 1. The molecule has 28 heavy (non-hydrogen) atoms. The maximum Gasteiger partial charge on any atom is 0.271 e. The second kappa shape index (κ2) is 8.27. The second-order valence-corrected chi connectivity index (χ2v) is 7.71. The van der Waals surface area contributed by atoms with E-state index in [0.29, 0.717) is 17.2 Å². The van der Waals surface area contributed by atoms with Gasteiger partial charge < -0.3 is 10.6 Å². The number of carbonyl (C=O) groups excluding carboxylic acids is 1. The van der Waals surface area contributed by atoms with Gasteiger partial charge in [0.05, 0.1) is 16.8 Å². The van der Waals surface area contributed by atoms with Gasteiger partial charge in [-0.25, -0.2) is 23.7 Å². The van der Waals surface area contributed by atoms with Crippen LogP contribution in [-0.4, -0.2) is 50.5 Å². The SMILES string of the molecule is O=C(N[C@H]1CC[C@H](NCC(F)F)CC1)c1nc(-n2ccnc2)nc2ccsc12. The van der Waals surface area contributed by atoms with Gasteiger partial charge in [0.1, 0.15) is 6.33 Å². The van der Waals surface area contributed by atoms with Crippen molar-refractivity contribution in [3.05, 3.63) is 35.9 Å². The summed E-state index contributed by atoms with van der Waals surface area (Å²) in [6.07, 6.45) is 5.62. The first-order chi connectivity index (χ1) is 13.6. The Bertz CT molecular complexity index is 937. The van der Waals surface area contributed by atoms with Crippen LogP contribution in [0, 0.1) is 0 Å². The molecular weight excluding hydrogens is 386 g/mol. The van der Waals surface area contributed by atoms with Gasteiger partial charge in [-0.2, -0.15) is 0 Å². The molecule has 0 aliphatic heterocycles. The van der Waals surface area contributed by atoms with E-state index >= 15 is 0 Å². The van der Waals surface area contributed by atoms with Crippen molar-refractivity contribution >= 4 is 27.5 Å². The monoisotopic (exact) mass is 406 g/mol. The number of nitrogens with one attached hydrogen (secondary N) is 2. The molecule has 3 aromatic heterocycles. The number of hydrogen-bond acceptors (Lipinski definition) is 6. The predicted molar refractivity (Wildman–Crippen MR) is 102 cm³/mol. The number of nitrogens with zero attached hydrogens (tertiary/aromatic N) is 4. The Balaban J connectivity index is 1.45. The third-order valence-corrected chi connectivity index (χ3v) is 5.78. The number of rotatable bonds is 6. The standard InChI is InChI=1S/C18H20F2N6OS/c19-14(20)9-22-11-1-3-12(4-2-11)23-17(27)15-16-13(5-8-28-16)24-18(25-15)26-7-6-21-10-26/h5-8,10-12,14,22H,1-4,9H2,(H,23,27)/t11-,12-. The van der Waals surface area contributed by atoms with Crippen molar-refractivity contribution in [2.24, 2.45) is 0 Å². The number of aromatic nitrogens is 4. The molecule has 1 fully saturated rings. The van der Waals surface area contributed by atoms with Gasteiger partial charge in [0, 0.05) is 24.5 Å². The maximum absolute atomic E-state index is 12.9. The molecule has 0 saturated heterocycles. The number of hydrogen-bond donors (Lipinski definition) is 2. The molecule has 0 spiro atoms. The Kier molecular flexibility index (Phi) is 5.58. The molecule has 1 aliphatic rings. The lowest BCUT2D eigenvalue weighted by molar-refractivity contribution is 0.0919. The molecule has 0 atom stereocenters. The highest BCUT2D eigenvalue weighted by Gasteiger charge is 2.25. The van der Waals surface area contributed by atoms with Gasteiger partial charge in [0.15, 0.2) is 5.69 Å². The Labute approximate surface area is 164 Å². The Hall–Kier alpha value is -2.46. The minimum absolute atomic E-state index is 0.0128. The number of imidazole rings is 1. The van der Waals surface area contributed by atoms with Crippen LogP contribution in [0.25, 0.3) is 16.2 Å². The molecule has 10 heteroatoms. The zero-order chi connectivity index (χ0) is 19.5. The van der Waals surface area contributed by atoms with Crippen molar-refractivity contribution in [2.75, 3.05) is 6.54 Å². The van der Waals surface area contributed by atoms with Gasteiger partial charge in [-0.1, -0.05) is 0 Å². The smallest absolute Gasteiger partial charge is 0.271 e. The topological polar surface area (TPSA) is 84.7 Å². The van der Waals surface area contributed by atoms with E-state index in [1.807, 2.05) is 11.4 Å².